The van der Waals surface area contributed by atoms with Crippen molar-refractivity contribution in [3.8, 4) is 0 Å². The molecule has 0 saturated heterocycles. The van der Waals surface area contributed by atoms with Gasteiger partial charge in [-0.1, -0.05) is 37.7 Å². The second kappa shape index (κ2) is 4.47. The molecule has 1 aliphatic rings. The molecule has 0 saturated carbocycles. The SMILES string of the molecule is CC.Cc1ccc2c(c1)SC(=O)C2. The van der Waals surface area contributed by atoms with E-state index in [2.05, 4.69) is 12.1 Å². The van der Waals surface area contributed by atoms with E-state index in [4.69, 9.17) is 0 Å². The quantitative estimate of drug-likeness (QED) is 0.631. The van der Waals surface area contributed by atoms with E-state index < -0.39 is 0 Å². The Labute approximate surface area is 83.5 Å². The van der Waals surface area contributed by atoms with Crippen molar-refractivity contribution >= 4 is 16.9 Å². The Kier molecular flexibility index (Phi) is 3.55. The lowest BCUT2D eigenvalue weighted by molar-refractivity contribution is -0.110. The summed E-state index contributed by atoms with van der Waals surface area (Å²) in [6, 6.07) is 6.17. The zero-order valence-corrected chi connectivity index (χ0v) is 9.07. The van der Waals surface area contributed by atoms with E-state index in [1.807, 2.05) is 26.8 Å². The zero-order valence-electron chi connectivity index (χ0n) is 8.26. The van der Waals surface area contributed by atoms with Crippen LogP contribution >= 0.6 is 11.8 Å². The molecule has 13 heavy (non-hydrogen) atoms. The molecule has 0 N–H and O–H groups in total. The molecule has 70 valence electrons. The molecule has 0 aliphatic carbocycles. The summed E-state index contributed by atoms with van der Waals surface area (Å²) in [6.45, 7) is 6.05. The number of hydrogen-bond acceptors (Lipinski definition) is 2. The fourth-order valence-electron chi connectivity index (χ4n) is 1.22. The number of hydrogen-bond donors (Lipinski definition) is 0. The first kappa shape index (κ1) is 10.3. The first-order valence-corrected chi connectivity index (χ1v) is 5.37. The van der Waals surface area contributed by atoms with Gasteiger partial charge in [-0.25, -0.2) is 0 Å². The van der Waals surface area contributed by atoms with E-state index in [9.17, 15) is 4.79 Å². The lowest BCUT2D eigenvalue weighted by atomic mass is 10.1. The Morgan fingerprint density at radius 2 is 2.00 bits per heavy atom. The van der Waals surface area contributed by atoms with Crippen LogP contribution in [0.5, 0.6) is 0 Å². The Morgan fingerprint density at radius 3 is 2.69 bits per heavy atom. The smallest absolute Gasteiger partial charge is 0.198 e. The average molecular weight is 194 g/mol. The molecule has 1 heterocycles. The average Bonchev–Trinajstić information content (AvgIpc) is 2.48. The highest BCUT2D eigenvalue weighted by molar-refractivity contribution is 8.14. The van der Waals surface area contributed by atoms with Gasteiger partial charge in [-0.15, -0.1) is 0 Å². The minimum atomic E-state index is 0.269. The largest absolute Gasteiger partial charge is 0.286 e. The van der Waals surface area contributed by atoms with Gasteiger partial charge in [0.25, 0.3) is 0 Å². The molecule has 0 unspecified atom stereocenters. The van der Waals surface area contributed by atoms with E-state index in [1.165, 1.54) is 22.9 Å². The predicted molar refractivity (Wildman–Crippen MR) is 57.1 cm³/mol. The van der Waals surface area contributed by atoms with Crippen LogP contribution in [0.25, 0.3) is 0 Å². The Hall–Kier alpha value is -0.760. The standard InChI is InChI=1S/C9H8OS.C2H6/c1-6-2-3-7-5-9(10)11-8(7)4-6;1-2/h2-4H,5H2,1H3;1-2H3. The summed E-state index contributed by atoms with van der Waals surface area (Å²) >= 11 is 1.37. The van der Waals surface area contributed by atoms with Gasteiger partial charge in [0.15, 0.2) is 5.12 Å². The third-order valence-electron chi connectivity index (χ3n) is 1.78. The van der Waals surface area contributed by atoms with E-state index in [0.717, 1.165) is 4.90 Å². The number of thioether (sulfide) groups is 1. The molecule has 2 heteroatoms. The molecular weight excluding hydrogens is 180 g/mol. The third kappa shape index (κ3) is 2.34. The monoisotopic (exact) mass is 194 g/mol. The second-order valence-corrected chi connectivity index (χ2v) is 3.86. The van der Waals surface area contributed by atoms with Crippen LogP contribution in [0.15, 0.2) is 23.1 Å². The van der Waals surface area contributed by atoms with E-state index in [1.54, 1.807) is 0 Å². The summed E-state index contributed by atoms with van der Waals surface area (Å²) in [4.78, 5) is 12.1. The Morgan fingerprint density at radius 1 is 1.31 bits per heavy atom. The molecule has 1 aliphatic heterocycles. The minimum Gasteiger partial charge on any atom is -0.286 e. The fraction of sp³-hybridized carbons (Fsp3) is 0.364. The summed E-state index contributed by atoms with van der Waals surface area (Å²) in [5.74, 6) is 0. The van der Waals surface area contributed by atoms with Crippen molar-refractivity contribution < 1.29 is 4.79 Å². The molecule has 1 aromatic carbocycles. The van der Waals surface area contributed by atoms with Crippen molar-refractivity contribution in [2.45, 2.75) is 32.1 Å². The van der Waals surface area contributed by atoms with Crippen molar-refractivity contribution in [2.24, 2.45) is 0 Å². The molecule has 2 rings (SSSR count). The normalized spacial score (nSPS) is 13.3. The van der Waals surface area contributed by atoms with Gasteiger partial charge in [-0.2, -0.15) is 0 Å². The topological polar surface area (TPSA) is 17.1 Å². The summed E-state index contributed by atoms with van der Waals surface area (Å²) in [5, 5.41) is 0.269. The maximum atomic E-state index is 11.0. The summed E-state index contributed by atoms with van der Waals surface area (Å²) in [6.07, 6.45) is 0.611. The van der Waals surface area contributed by atoms with Gasteiger partial charge < -0.3 is 0 Å². The molecule has 0 atom stereocenters. The van der Waals surface area contributed by atoms with E-state index in [0.29, 0.717) is 6.42 Å². The molecule has 0 bridgehead atoms. The zero-order chi connectivity index (χ0) is 9.84. The van der Waals surface area contributed by atoms with Crippen LogP contribution < -0.4 is 0 Å². The summed E-state index contributed by atoms with van der Waals surface area (Å²) in [5.41, 5.74) is 2.41. The summed E-state index contributed by atoms with van der Waals surface area (Å²) in [7, 11) is 0. The highest BCUT2D eigenvalue weighted by Gasteiger charge is 2.18. The van der Waals surface area contributed by atoms with Crippen LogP contribution in [-0.4, -0.2) is 5.12 Å². The van der Waals surface area contributed by atoms with Crippen LogP contribution in [-0.2, 0) is 11.2 Å². The molecule has 1 nitrogen and oxygen atoms in total. The van der Waals surface area contributed by atoms with Crippen molar-refractivity contribution in [1.82, 2.24) is 0 Å². The number of fused-ring (bicyclic) bond motifs is 1. The molecule has 0 fully saturated rings. The van der Waals surface area contributed by atoms with Crippen molar-refractivity contribution in [3.05, 3.63) is 29.3 Å². The Balaban J connectivity index is 0.000000396. The lowest BCUT2D eigenvalue weighted by Crippen LogP contribution is -1.85. The van der Waals surface area contributed by atoms with Crippen molar-refractivity contribution in [3.63, 3.8) is 0 Å². The lowest BCUT2D eigenvalue weighted by Gasteiger charge is -1.96. The minimum absolute atomic E-state index is 0.269. The molecule has 0 amide bonds. The Bertz CT molecular complexity index is 318. The highest BCUT2D eigenvalue weighted by Crippen LogP contribution is 2.32. The van der Waals surface area contributed by atoms with Crippen LogP contribution in [0.2, 0.25) is 0 Å². The van der Waals surface area contributed by atoms with Gasteiger partial charge in [0, 0.05) is 11.3 Å². The van der Waals surface area contributed by atoms with Crippen LogP contribution in [0.3, 0.4) is 0 Å². The van der Waals surface area contributed by atoms with Gasteiger partial charge in [0.1, 0.15) is 0 Å². The summed E-state index contributed by atoms with van der Waals surface area (Å²) < 4.78 is 0. The highest BCUT2D eigenvalue weighted by atomic mass is 32.2. The maximum Gasteiger partial charge on any atom is 0.198 e. The molecule has 0 radical (unpaired) electrons. The number of carbonyl (C=O) groups is 1. The molecule has 0 spiro atoms. The number of aryl methyl sites for hydroxylation is 1. The maximum absolute atomic E-state index is 11.0. The molecular formula is C11H14OS. The molecule has 1 aromatic rings. The number of rotatable bonds is 0. The second-order valence-electron chi connectivity index (χ2n) is 2.76. The first-order chi connectivity index (χ1) is 6.25. The van der Waals surface area contributed by atoms with Crippen LogP contribution in [0.1, 0.15) is 25.0 Å². The number of carbonyl (C=O) groups excluding carboxylic acids is 1. The van der Waals surface area contributed by atoms with Gasteiger partial charge in [-0.05, 0) is 24.1 Å². The van der Waals surface area contributed by atoms with Crippen molar-refractivity contribution in [2.75, 3.05) is 0 Å². The van der Waals surface area contributed by atoms with Gasteiger partial charge in [-0.3, -0.25) is 4.79 Å². The van der Waals surface area contributed by atoms with Gasteiger partial charge >= 0.3 is 0 Å². The van der Waals surface area contributed by atoms with E-state index in [-0.39, 0.29) is 5.12 Å². The first-order valence-electron chi connectivity index (χ1n) is 4.56. The fourth-order valence-corrected chi connectivity index (χ4v) is 2.21. The van der Waals surface area contributed by atoms with Crippen LogP contribution in [0, 0.1) is 6.92 Å². The number of benzene rings is 1. The van der Waals surface area contributed by atoms with Crippen molar-refractivity contribution in [1.29, 1.82) is 0 Å². The van der Waals surface area contributed by atoms with E-state index >= 15 is 0 Å². The van der Waals surface area contributed by atoms with Gasteiger partial charge in [0.05, 0.1) is 0 Å². The third-order valence-corrected chi connectivity index (χ3v) is 2.75. The predicted octanol–water partition coefficient (Wildman–Crippen LogP) is 3.20. The molecule has 0 aromatic heterocycles. The van der Waals surface area contributed by atoms with Gasteiger partial charge in [0.2, 0.25) is 0 Å². The van der Waals surface area contributed by atoms with Crippen LogP contribution in [0.4, 0.5) is 0 Å².